The van der Waals surface area contributed by atoms with E-state index in [1.165, 1.54) is 6.20 Å². The second-order valence-electron chi connectivity index (χ2n) is 2.89. The van der Waals surface area contributed by atoms with Crippen LogP contribution in [0.5, 0.6) is 0 Å². The summed E-state index contributed by atoms with van der Waals surface area (Å²) >= 11 is 0. The molecule has 0 aromatic heterocycles. The van der Waals surface area contributed by atoms with Crippen molar-refractivity contribution in [2.45, 2.75) is 32.4 Å². The Labute approximate surface area is 73.9 Å². The van der Waals surface area contributed by atoms with Crippen LogP contribution in [0, 0.1) is 0 Å². The summed E-state index contributed by atoms with van der Waals surface area (Å²) in [6.45, 7) is 3.87. The fourth-order valence-corrected chi connectivity index (χ4v) is 0.916. The van der Waals surface area contributed by atoms with Gasteiger partial charge in [0.15, 0.2) is 0 Å². The predicted octanol–water partition coefficient (Wildman–Crippen LogP) is 0.106. The van der Waals surface area contributed by atoms with E-state index in [0.717, 1.165) is 12.0 Å². The van der Waals surface area contributed by atoms with Gasteiger partial charge in [0.1, 0.15) is 0 Å². The molecule has 4 heteroatoms. The van der Waals surface area contributed by atoms with Crippen molar-refractivity contribution < 1.29 is 4.84 Å². The van der Waals surface area contributed by atoms with E-state index < -0.39 is 0 Å². The van der Waals surface area contributed by atoms with Crippen molar-refractivity contribution in [3.63, 3.8) is 0 Å². The highest BCUT2D eigenvalue weighted by Crippen LogP contribution is 2.05. The van der Waals surface area contributed by atoms with Gasteiger partial charge >= 0.3 is 0 Å². The molecule has 0 rings (SSSR count). The van der Waals surface area contributed by atoms with Gasteiger partial charge in [-0.2, -0.15) is 0 Å². The lowest BCUT2D eigenvalue weighted by Gasteiger charge is -2.17. The Morgan fingerprint density at radius 1 is 1.67 bits per heavy atom. The van der Waals surface area contributed by atoms with Gasteiger partial charge in [-0.25, -0.2) is 5.48 Å². The number of nitrogens with two attached hydrogens (primary N) is 2. The predicted molar refractivity (Wildman–Crippen MR) is 50.1 cm³/mol. The molecule has 0 aromatic rings. The second kappa shape index (κ2) is 5.99. The fourth-order valence-electron chi connectivity index (χ4n) is 0.916. The van der Waals surface area contributed by atoms with Crippen molar-refractivity contribution in [2.75, 3.05) is 7.05 Å². The molecule has 0 spiro atoms. The summed E-state index contributed by atoms with van der Waals surface area (Å²) in [4.78, 5) is 5.11. The second-order valence-corrected chi connectivity index (χ2v) is 2.89. The third-order valence-electron chi connectivity index (χ3n) is 1.75. The summed E-state index contributed by atoms with van der Waals surface area (Å²) in [6.07, 6.45) is 2.40. The van der Waals surface area contributed by atoms with Gasteiger partial charge in [0.25, 0.3) is 0 Å². The maximum Gasteiger partial charge on any atom is 0.0780 e. The first-order chi connectivity index (χ1) is 5.61. The lowest BCUT2D eigenvalue weighted by molar-refractivity contribution is -0.00713. The minimum atomic E-state index is -0.0154. The van der Waals surface area contributed by atoms with Gasteiger partial charge in [0.05, 0.1) is 6.10 Å². The molecule has 4 nitrogen and oxygen atoms in total. The quantitative estimate of drug-likeness (QED) is 0.516. The van der Waals surface area contributed by atoms with Crippen LogP contribution < -0.4 is 16.9 Å². The summed E-state index contributed by atoms with van der Waals surface area (Å²) < 4.78 is 0. The summed E-state index contributed by atoms with van der Waals surface area (Å²) in [5.74, 6) is 0. The molecule has 72 valence electrons. The number of hydrogen-bond donors (Lipinski definition) is 3. The molecule has 0 aliphatic heterocycles. The van der Waals surface area contributed by atoms with E-state index in [9.17, 15) is 0 Å². The molecule has 0 aliphatic carbocycles. The third kappa shape index (κ3) is 4.33. The topological polar surface area (TPSA) is 73.3 Å². The number of rotatable bonds is 5. The van der Waals surface area contributed by atoms with E-state index in [1.807, 2.05) is 13.8 Å². The Hall–Kier alpha value is -0.580. The zero-order valence-corrected chi connectivity index (χ0v) is 8.00. The zero-order valence-electron chi connectivity index (χ0n) is 8.00. The molecule has 0 saturated carbocycles. The molecule has 12 heavy (non-hydrogen) atoms. The Morgan fingerprint density at radius 2 is 2.25 bits per heavy atom. The highest BCUT2D eigenvalue weighted by atomic mass is 16.7. The average molecular weight is 173 g/mol. The molecule has 0 aliphatic rings. The molecular weight excluding hydrogens is 154 g/mol. The van der Waals surface area contributed by atoms with Crippen LogP contribution in [0.2, 0.25) is 0 Å². The largest absolute Gasteiger partial charge is 0.405 e. The van der Waals surface area contributed by atoms with E-state index in [2.05, 4.69) is 5.48 Å². The van der Waals surface area contributed by atoms with Gasteiger partial charge < -0.3 is 11.5 Å². The minimum absolute atomic E-state index is 0.0154. The lowest BCUT2D eigenvalue weighted by Crippen LogP contribution is -2.30. The average Bonchev–Trinajstić information content (AvgIpc) is 2.03. The monoisotopic (exact) mass is 173 g/mol. The van der Waals surface area contributed by atoms with Crippen molar-refractivity contribution in [1.29, 1.82) is 0 Å². The van der Waals surface area contributed by atoms with Gasteiger partial charge in [-0.3, -0.25) is 4.84 Å². The summed E-state index contributed by atoms with van der Waals surface area (Å²) in [6, 6.07) is -0.0154. The van der Waals surface area contributed by atoms with Gasteiger partial charge in [-0.15, -0.1) is 0 Å². The van der Waals surface area contributed by atoms with Crippen LogP contribution >= 0.6 is 0 Å². The number of hydrogen-bond acceptors (Lipinski definition) is 4. The van der Waals surface area contributed by atoms with Crippen LogP contribution in [-0.2, 0) is 4.84 Å². The lowest BCUT2D eigenvalue weighted by atomic mass is 10.0. The first kappa shape index (κ1) is 11.4. The summed E-state index contributed by atoms with van der Waals surface area (Å²) in [5.41, 5.74) is 14.7. The summed E-state index contributed by atoms with van der Waals surface area (Å²) in [7, 11) is 1.73. The Kier molecular flexibility index (Phi) is 5.70. The Balaban J connectivity index is 3.75. The smallest absolute Gasteiger partial charge is 0.0780 e. The Bertz CT molecular complexity index is 147. The van der Waals surface area contributed by atoms with Crippen LogP contribution in [0.3, 0.4) is 0 Å². The summed E-state index contributed by atoms with van der Waals surface area (Å²) in [5, 5.41) is 0. The molecule has 0 saturated heterocycles. The molecule has 0 radical (unpaired) electrons. The number of nitrogens with one attached hydrogen (secondary N) is 1. The van der Waals surface area contributed by atoms with Gasteiger partial charge in [-0.05, 0) is 32.0 Å². The molecule has 2 atom stereocenters. The molecule has 0 aromatic carbocycles. The van der Waals surface area contributed by atoms with Gasteiger partial charge in [0, 0.05) is 13.1 Å². The van der Waals surface area contributed by atoms with Crippen molar-refractivity contribution >= 4 is 0 Å². The molecule has 0 fully saturated rings. The van der Waals surface area contributed by atoms with Crippen molar-refractivity contribution in [3.05, 3.63) is 11.8 Å². The normalized spacial score (nSPS) is 17.5. The van der Waals surface area contributed by atoms with E-state index in [1.54, 1.807) is 7.05 Å². The van der Waals surface area contributed by atoms with E-state index in [-0.39, 0.29) is 12.1 Å². The van der Waals surface area contributed by atoms with Crippen LogP contribution in [0.4, 0.5) is 0 Å². The zero-order chi connectivity index (χ0) is 9.56. The Morgan fingerprint density at radius 3 is 2.67 bits per heavy atom. The van der Waals surface area contributed by atoms with E-state index in [4.69, 9.17) is 16.3 Å². The van der Waals surface area contributed by atoms with Crippen LogP contribution in [0.25, 0.3) is 0 Å². The van der Waals surface area contributed by atoms with Crippen molar-refractivity contribution in [2.24, 2.45) is 11.5 Å². The van der Waals surface area contributed by atoms with Crippen LogP contribution in [0.1, 0.15) is 20.3 Å². The highest BCUT2D eigenvalue weighted by molar-refractivity contribution is 5.04. The maximum atomic E-state index is 5.80. The van der Waals surface area contributed by atoms with E-state index in [0.29, 0.717) is 0 Å². The molecule has 2 unspecified atom stereocenters. The number of hydroxylamine groups is 1. The SMILES string of the molecule is CNOC(C)CC(N)/C(C)=C/N. The molecule has 5 N–H and O–H groups in total. The first-order valence-corrected chi connectivity index (χ1v) is 4.08. The highest BCUT2D eigenvalue weighted by Gasteiger charge is 2.10. The van der Waals surface area contributed by atoms with E-state index >= 15 is 0 Å². The van der Waals surface area contributed by atoms with Crippen LogP contribution in [0.15, 0.2) is 11.8 Å². The third-order valence-corrected chi connectivity index (χ3v) is 1.75. The molecule has 0 amide bonds. The molecular formula is C8H19N3O. The minimum Gasteiger partial charge on any atom is -0.405 e. The van der Waals surface area contributed by atoms with Gasteiger partial charge in [-0.1, -0.05) is 0 Å². The molecule has 0 heterocycles. The standard InChI is InChI=1S/C8H19N3O/c1-6(5-9)8(10)4-7(2)12-11-3/h5,7-8,11H,4,9-10H2,1-3H3/b6-5+. The first-order valence-electron chi connectivity index (χ1n) is 4.08. The van der Waals surface area contributed by atoms with Gasteiger partial charge in [0.2, 0.25) is 0 Å². The fraction of sp³-hybridized carbons (Fsp3) is 0.750. The maximum absolute atomic E-state index is 5.80. The van der Waals surface area contributed by atoms with Crippen LogP contribution in [-0.4, -0.2) is 19.2 Å². The molecule has 0 bridgehead atoms. The van der Waals surface area contributed by atoms with Crippen molar-refractivity contribution in [3.8, 4) is 0 Å². The van der Waals surface area contributed by atoms with Crippen molar-refractivity contribution in [1.82, 2.24) is 5.48 Å².